The normalized spacial score (nSPS) is 16.8. The molecule has 2 aromatic carbocycles. The highest BCUT2D eigenvalue weighted by molar-refractivity contribution is 6.05. The molecule has 1 unspecified atom stereocenters. The monoisotopic (exact) mass is 391 g/mol. The highest BCUT2D eigenvalue weighted by Gasteiger charge is 2.29. The minimum atomic E-state index is -0.688. The van der Waals surface area contributed by atoms with E-state index in [-0.39, 0.29) is 17.5 Å². The molecule has 148 valence electrons. The number of nitrogens with one attached hydrogen (secondary N) is 1. The summed E-state index contributed by atoms with van der Waals surface area (Å²) in [6, 6.07) is 15.6. The first-order chi connectivity index (χ1) is 14.0. The fourth-order valence-electron chi connectivity index (χ4n) is 3.75. The summed E-state index contributed by atoms with van der Waals surface area (Å²) in [6.45, 7) is 1.25. The number of likely N-dealkylation sites (tertiary alicyclic amines) is 1. The molecule has 1 saturated heterocycles. The molecule has 1 aliphatic heterocycles. The van der Waals surface area contributed by atoms with E-state index < -0.39 is 11.5 Å². The highest BCUT2D eigenvalue weighted by atomic mass is 16.4. The Morgan fingerprint density at radius 2 is 1.90 bits per heavy atom. The Kier molecular flexibility index (Phi) is 5.14. The largest absolute Gasteiger partial charge is 0.422 e. The van der Waals surface area contributed by atoms with Gasteiger partial charge in [-0.3, -0.25) is 14.5 Å². The molecule has 1 aliphatic rings. The Morgan fingerprint density at radius 3 is 2.72 bits per heavy atom. The Hall–Kier alpha value is -3.45. The lowest BCUT2D eigenvalue weighted by atomic mass is 10.1. The van der Waals surface area contributed by atoms with Crippen LogP contribution in [0.2, 0.25) is 0 Å². The predicted octanol–water partition coefficient (Wildman–Crippen LogP) is 2.50. The van der Waals surface area contributed by atoms with Crippen molar-refractivity contribution in [2.45, 2.75) is 25.4 Å². The highest BCUT2D eigenvalue weighted by Crippen LogP contribution is 2.24. The number of fused-ring (bicyclic) bond motifs is 1. The smallest absolute Gasteiger partial charge is 0.349 e. The maximum Gasteiger partial charge on any atom is 0.349 e. The molecule has 2 amide bonds. The number of nitrogens with zero attached hydrogens (tertiary/aromatic N) is 1. The summed E-state index contributed by atoms with van der Waals surface area (Å²) >= 11 is 0. The predicted molar refractivity (Wildman–Crippen MR) is 110 cm³/mol. The van der Waals surface area contributed by atoms with Crippen LogP contribution in [0.5, 0.6) is 0 Å². The van der Waals surface area contributed by atoms with Crippen LogP contribution < -0.4 is 16.7 Å². The second-order valence-corrected chi connectivity index (χ2v) is 7.13. The van der Waals surface area contributed by atoms with Gasteiger partial charge < -0.3 is 15.5 Å². The molecular weight excluding hydrogens is 370 g/mol. The van der Waals surface area contributed by atoms with Crippen molar-refractivity contribution in [2.24, 2.45) is 5.73 Å². The number of primary amides is 1. The lowest BCUT2D eigenvalue weighted by Crippen LogP contribution is -2.39. The summed E-state index contributed by atoms with van der Waals surface area (Å²) in [5, 5.41) is 3.48. The number of carbonyl (C=O) groups is 2. The summed E-state index contributed by atoms with van der Waals surface area (Å²) < 4.78 is 5.25. The van der Waals surface area contributed by atoms with Crippen LogP contribution in [-0.4, -0.2) is 29.3 Å². The number of nitrogens with two attached hydrogens (primary N) is 1. The van der Waals surface area contributed by atoms with Crippen molar-refractivity contribution in [3.63, 3.8) is 0 Å². The number of rotatable bonds is 5. The van der Waals surface area contributed by atoms with Crippen molar-refractivity contribution in [1.29, 1.82) is 0 Å². The van der Waals surface area contributed by atoms with E-state index in [0.29, 0.717) is 23.2 Å². The molecule has 0 radical (unpaired) electrons. The van der Waals surface area contributed by atoms with Crippen LogP contribution in [0.3, 0.4) is 0 Å². The standard InChI is InChI=1S/C22H21N3O4/c23-20(26)18-9-5-11-25(18)13-15-7-1-3-8-17(15)24-21(27)16-12-14-6-2-4-10-19(14)29-22(16)28/h1-4,6-8,10,12,18H,5,9,11,13H2,(H2,23,26)(H,24,27). The molecule has 7 nitrogen and oxygen atoms in total. The second-order valence-electron chi connectivity index (χ2n) is 7.13. The van der Waals surface area contributed by atoms with Crippen molar-refractivity contribution in [3.05, 3.63) is 76.1 Å². The first-order valence-electron chi connectivity index (χ1n) is 9.48. The topological polar surface area (TPSA) is 106 Å². The first kappa shape index (κ1) is 18.9. The third-order valence-electron chi connectivity index (χ3n) is 5.22. The summed E-state index contributed by atoms with van der Waals surface area (Å²) in [5.74, 6) is -0.873. The average Bonchev–Trinajstić information content (AvgIpc) is 3.17. The molecule has 4 rings (SSSR count). The van der Waals surface area contributed by atoms with Crippen LogP contribution in [-0.2, 0) is 11.3 Å². The summed E-state index contributed by atoms with van der Waals surface area (Å²) in [4.78, 5) is 38.7. The lowest BCUT2D eigenvalue weighted by Gasteiger charge is -2.23. The Morgan fingerprint density at radius 1 is 1.14 bits per heavy atom. The molecule has 1 fully saturated rings. The zero-order valence-electron chi connectivity index (χ0n) is 15.8. The van der Waals surface area contributed by atoms with Gasteiger partial charge in [0.2, 0.25) is 5.91 Å². The van der Waals surface area contributed by atoms with E-state index in [1.165, 1.54) is 6.07 Å². The fraction of sp³-hybridized carbons (Fsp3) is 0.227. The number of benzene rings is 2. The molecular formula is C22H21N3O4. The van der Waals surface area contributed by atoms with Crippen LogP contribution in [0.4, 0.5) is 5.69 Å². The van der Waals surface area contributed by atoms with Gasteiger partial charge in [-0.1, -0.05) is 36.4 Å². The van der Waals surface area contributed by atoms with E-state index in [2.05, 4.69) is 5.32 Å². The van der Waals surface area contributed by atoms with Crippen molar-refractivity contribution in [2.75, 3.05) is 11.9 Å². The van der Waals surface area contributed by atoms with Gasteiger partial charge >= 0.3 is 5.63 Å². The minimum absolute atomic E-state index is 0.0605. The third kappa shape index (κ3) is 3.90. The van der Waals surface area contributed by atoms with Crippen LogP contribution in [0, 0.1) is 0 Å². The van der Waals surface area contributed by atoms with Crippen LogP contribution in [0.15, 0.2) is 63.8 Å². The van der Waals surface area contributed by atoms with Crippen LogP contribution in [0.1, 0.15) is 28.8 Å². The molecule has 29 heavy (non-hydrogen) atoms. The van der Waals surface area contributed by atoms with Crippen LogP contribution >= 0.6 is 0 Å². The van der Waals surface area contributed by atoms with Gasteiger partial charge in [-0.2, -0.15) is 0 Å². The molecule has 0 saturated carbocycles. The average molecular weight is 391 g/mol. The molecule has 7 heteroatoms. The van der Waals surface area contributed by atoms with E-state index in [9.17, 15) is 14.4 Å². The zero-order valence-corrected chi connectivity index (χ0v) is 15.8. The van der Waals surface area contributed by atoms with Gasteiger partial charge in [0.25, 0.3) is 5.91 Å². The number of para-hydroxylation sites is 2. The maximum atomic E-state index is 12.8. The van der Waals surface area contributed by atoms with Gasteiger partial charge in [-0.25, -0.2) is 4.79 Å². The molecule has 1 atom stereocenters. The van der Waals surface area contributed by atoms with Gasteiger partial charge in [-0.05, 0) is 43.1 Å². The van der Waals surface area contributed by atoms with E-state index in [1.54, 1.807) is 30.3 Å². The van der Waals surface area contributed by atoms with E-state index in [0.717, 1.165) is 24.9 Å². The van der Waals surface area contributed by atoms with Gasteiger partial charge in [0, 0.05) is 17.6 Å². The molecule has 3 N–H and O–H groups in total. The van der Waals surface area contributed by atoms with Gasteiger partial charge in [0.1, 0.15) is 11.1 Å². The minimum Gasteiger partial charge on any atom is -0.422 e. The van der Waals surface area contributed by atoms with Gasteiger partial charge in [0.05, 0.1) is 6.04 Å². The molecule has 1 aromatic heterocycles. The Balaban J connectivity index is 1.59. The van der Waals surface area contributed by atoms with E-state index in [1.807, 2.05) is 23.1 Å². The SMILES string of the molecule is NC(=O)C1CCCN1Cc1ccccc1NC(=O)c1cc2ccccc2oc1=O. The van der Waals surface area contributed by atoms with Crippen molar-refractivity contribution in [3.8, 4) is 0 Å². The summed E-state index contributed by atoms with van der Waals surface area (Å²) in [7, 11) is 0. The van der Waals surface area contributed by atoms with E-state index in [4.69, 9.17) is 10.2 Å². The molecule has 0 aliphatic carbocycles. The molecule has 0 spiro atoms. The van der Waals surface area contributed by atoms with Gasteiger partial charge in [0.15, 0.2) is 0 Å². The maximum absolute atomic E-state index is 12.8. The summed E-state index contributed by atoms with van der Waals surface area (Å²) in [5.41, 5.74) is 6.62. The second kappa shape index (κ2) is 7.89. The molecule has 2 heterocycles. The zero-order chi connectivity index (χ0) is 20.4. The van der Waals surface area contributed by atoms with Crippen LogP contribution in [0.25, 0.3) is 11.0 Å². The van der Waals surface area contributed by atoms with Gasteiger partial charge in [-0.15, -0.1) is 0 Å². The molecule has 3 aromatic rings. The Labute approximate surface area is 167 Å². The first-order valence-corrected chi connectivity index (χ1v) is 9.48. The summed E-state index contributed by atoms with van der Waals surface area (Å²) in [6.07, 6.45) is 1.64. The number of anilines is 1. The number of amides is 2. The Bertz CT molecular complexity index is 1140. The van der Waals surface area contributed by atoms with E-state index >= 15 is 0 Å². The third-order valence-corrected chi connectivity index (χ3v) is 5.22. The van der Waals surface area contributed by atoms with Crippen molar-refractivity contribution < 1.29 is 14.0 Å². The number of hydrogen-bond donors (Lipinski definition) is 2. The van der Waals surface area contributed by atoms with Crippen molar-refractivity contribution >= 4 is 28.5 Å². The lowest BCUT2D eigenvalue weighted by molar-refractivity contribution is -0.122. The number of carbonyl (C=O) groups excluding carboxylic acids is 2. The molecule has 0 bridgehead atoms. The fourth-order valence-corrected chi connectivity index (χ4v) is 3.75. The quantitative estimate of drug-likeness (QED) is 0.650. The van der Waals surface area contributed by atoms with Crippen molar-refractivity contribution in [1.82, 2.24) is 4.90 Å². The number of hydrogen-bond acceptors (Lipinski definition) is 5.